The molecule has 26 heavy (non-hydrogen) atoms. The van der Waals surface area contributed by atoms with Gasteiger partial charge in [-0.2, -0.15) is 0 Å². The van der Waals surface area contributed by atoms with Crippen molar-refractivity contribution in [1.82, 2.24) is 15.1 Å². The van der Waals surface area contributed by atoms with Crippen molar-refractivity contribution in [2.24, 2.45) is 0 Å². The summed E-state index contributed by atoms with van der Waals surface area (Å²) in [7, 11) is 1.53. The molecule has 1 saturated heterocycles. The van der Waals surface area contributed by atoms with Gasteiger partial charge in [0.15, 0.2) is 0 Å². The van der Waals surface area contributed by atoms with E-state index >= 15 is 0 Å². The van der Waals surface area contributed by atoms with Gasteiger partial charge in [0.2, 0.25) is 5.91 Å². The fraction of sp³-hybridized carbons (Fsp3) is 0.526. The van der Waals surface area contributed by atoms with Gasteiger partial charge in [0.25, 0.3) is 0 Å². The van der Waals surface area contributed by atoms with Gasteiger partial charge in [-0.05, 0) is 42.4 Å². The third kappa shape index (κ3) is 4.39. The summed E-state index contributed by atoms with van der Waals surface area (Å²) in [6, 6.07) is 4.96. The zero-order valence-electron chi connectivity index (χ0n) is 15.0. The molecule has 3 amide bonds. The highest BCUT2D eigenvalue weighted by atomic mass is 19.1. The second kappa shape index (κ2) is 7.85. The summed E-state index contributed by atoms with van der Waals surface area (Å²) in [6.45, 7) is 1.55. The van der Waals surface area contributed by atoms with Gasteiger partial charge in [-0.3, -0.25) is 14.4 Å². The van der Waals surface area contributed by atoms with E-state index in [2.05, 4.69) is 5.32 Å². The number of nitrogens with zero attached hydrogens (tertiary/aromatic N) is 2. The van der Waals surface area contributed by atoms with Crippen molar-refractivity contribution in [3.63, 3.8) is 0 Å². The third-order valence-electron chi connectivity index (χ3n) is 4.95. The Morgan fingerprint density at radius 1 is 1.35 bits per heavy atom. The summed E-state index contributed by atoms with van der Waals surface area (Å²) in [5, 5.41) is 2.53. The molecule has 140 valence electrons. The van der Waals surface area contributed by atoms with Crippen LogP contribution in [0.5, 0.6) is 0 Å². The van der Waals surface area contributed by atoms with E-state index in [0.717, 1.165) is 24.8 Å². The molecule has 0 radical (unpaired) electrons. The van der Waals surface area contributed by atoms with Crippen LogP contribution in [-0.2, 0) is 20.9 Å². The number of rotatable bonds is 6. The molecule has 1 aliphatic heterocycles. The van der Waals surface area contributed by atoms with Gasteiger partial charge < -0.3 is 15.1 Å². The fourth-order valence-electron chi connectivity index (χ4n) is 3.15. The molecule has 1 heterocycles. The van der Waals surface area contributed by atoms with E-state index in [1.807, 2.05) is 0 Å². The van der Waals surface area contributed by atoms with E-state index in [1.54, 1.807) is 17.0 Å². The Morgan fingerprint density at radius 3 is 2.73 bits per heavy atom. The van der Waals surface area contributed by atoms with Crippen LogP contribution in [-0.4, -0.2) is 54.2 Å². The first-order valence-corrected chi connectivity index (χ1v) is 9.05. The van der Waals surface area contributed by atoms with Crippen LogP contribution in [0.4, 0.5) is 4.39 Å². The summed E-state index contributed by atoms with van der Waals surface area (Å²) >= 11 is 0. The van der Waals surface area contributed by atoms with Crippen molar-refractivity contribution in [2.45, 2.75) is 38.1 Å². The molecule has 1 aromatic carbocycles. The van der Waals surface area contributed by atoms with Gasteiger partial charge in [-0.1, -0.05) is 12.1 Å². The minimum Gasteiger partial charge on any atom is -0.344 e. The quantitative estimate of drug-likeness (QED) is 0.779. The molecule has 3 rings (SSSR count). The zero-order valence-corrected chi connectivity index (χ0v) is 15.0. The number of benzene rings is 1. The normalized spacial score (nSPS) is 16.7. The van der Waals surface area contributed by atoms with Gasteiger partial charge in [-0.25, -0.2) is 4.39 Å². The van der Waals surface area contributed by atoms with Crippen molar-refractivity contribution >= 4 is 17.7 Å². The van der Waals surface area contributed by atoms with Gasteiger partial charge in [0.1, 0.15) is 5.82 Å². The van der Waals surface area contributed by atoms with E-state index in [4.69, 9.17) is 0 Å². The van der Waals surface area contributed by atoms with Crippen LogP contribution in [0, 0.1) is 5.82 Å². The van der Waals surface area contributed by atoms with E-state index in [0.29, 0.717) is 37.5 Å². The van der Waals surface area contributed by atoms with Crippen molar-refractivity contribution in [3.8, 4) is 0 Å². The fourth-order valence-corrected chi connectivity index (χ4v) is 3.15. The number of hydrogen-bond acceptors (Lipinski definition) is 3. The van der Waals surface area contributed by atoms with Gasteiger partial charge in [-0.15, -0.1) is 0 Å². The van der Waals surface area contributed by atoms with E-state index in [-0.39, 0.29) is 18.3 Å². The highest BCUT2D eigenvalue weighted by Gasteiger charge is 2.26. The molecule has 0 unspecified atom stereocenters. The van der Waals surface area contributed by atoms with Crippen LogP contribution in [0.1, 0.15) is 42.7 Å². The minimum absolute atomic E-state index is 0.0898. The van der Waals surface area contributed by atoms with Crippen molar-refractivity contribution in [2.75, 3.05) is 26.7 Å². The van der Waals surface area contributed by atoms with Crippen LogP contribution >= 0.6 is 0 Å². The number of amides is 3. The summed E-state index contributed by atoms with van der Waals surface area (Å²) < 4.78 is 14.0. The number of carbonyl (C=O) groups is 3. The molecule has 2 aliphatic rings. The first kappa shape index (κ1) is 18.4. The Kier molecular flexibility index (Phi) is 5.54. The predicted molar refractivity (Wildman–Crippen MR) is 93.7 cm³/mol. The molecule has 2 fully saturated rings. The SMILES string of the molecule is CN(CCN1CCCC1=O)C(=O)C(=O)NCc1ccc(C2CC2)c(F)c1. The molecule has 0 spiro atoms. The molecule has 1 saturated carbocycles. The van der Waals surface area contributed by atoms with E-state index < -0.39 is 11.8 Å². The number of nitrogens with one attached hydrogen (secondary N) is 1. The Labute approximate surface area is 152 Å². The highest BCUT2D eigenvalue weighted by molar-refractivity contribution is 6.34. The van der Waals surface area contributed by atoms with Crippen LogP contribution < -0.4 is 5.32 Å². The number of likely N-dealkylation sites (N-methyl/N-ethyl adjacent to an activating group) is 1. The van der Waals surface area contributed by atoms with Crippen molar-refractivity contribution in [1.29, 1.82) is 0 Å². The highest BCUT2D eigenvalue weighted by Crippen LogP contribution is 2.41. The summed E-state index contributed by atoms with van der Waals surface area (Å²) in [6.07, 6.45) is 3.44. The lowest BCUT2D eigenvalue weighted by atomic mass is 10.1. The maximum absolute atomic E-state index is 14.0. The second-order valence-electron chi connectivity index (χ2n) is 7.02. The van der Waals surface area contributed by atoms with Crippen molar-refractivity contribution in [3.05, 3.63) is 35.1 Å². The maximum Gasteiger partial charge on any atom is 0.311 e. The first-order valence-electron chi connectivity index (χ1n) is 9.05. The number of hydrogen-bond donors (Lipinski definition) is 1. The standard InChI is InChI=1S/C19H24FN3O3/c1-22(9-10-23-8-2-3-17(23)24)19(26)18(25)21-12-13-4-7-15(14-5-6-14)16(20)11-13/h4,7,11,14H,2-3,5-6,8-10,12H2,1H3,(H,21,25). The average molecular weight is 361 g/mol. The Balaban J connectivity index is 1.45. The molecule has 7 heteroatoms. The van der Waals surface area contributed by atoms with Crippen LogP contribution in [0.2, 0.25) is 0 Å². The lowest BCUT2D eigenvalue weighted by Crippen LogP contribution is -2.44. The lowest BCUT2D eigenvalue weighted by Gasteiger charge is -2.21. The maximum atomic E-state index is 14.0. The zero-order chi connectivity index (χ0) is 18.7. The van der Waals surface area contributed by atoms with Crippen LogP contribution in [0.3, 0.4) is 0 Å². The number of likely N-dealkylation sites (tertiary alicyclic amines) is 1. The average Bonchev–Trinajstić information content (AvgIpc) is 3.38. The molecule has 1 aliphatic carbocycles. The number of carbonyl (C=O) groups excluding carboxylic acids is 3. The molecular weight excluding hydrogens is 337 g/mol. The minimum atomic E-state index is -0.730. The topological polar surface area (TPSA) is 69.7 Å². The van der Waals surface area contributed by atoms with Crippen LogP contribution in [0.15, 0.2) is 18.2 Å². The summed E-state index contributed by atoms with van der Waals surface area (Å²) in [5.74, 6) is -1.22. The van der Waals surface area contributed by atoms with Gasteiger partial charge >= 0.3 is 11.8 Å². The first-order chi connectivity index (χ1) is 12.5. The lowest BCUT2D eigenvalue weighted by molar-refractivity contribution is -0.145. The van der Waals surface area contributed by atoms with Gasteiger partial charge in [0.05, 0.1) is 0 Å². The number of halogens is 1. The van der Waals surface area contributed by atoms with E-state index in [9.17, 15) is 18.8 Å². The second-order valence-corrected chi connectivity index (χ2v) is 7.02. The molecule has 6 nitrogen and oxygen atoms in total. The summed E-state index contributed by atoms with van der Waals surface area (Å²) in [5.41, 5.74) is 1.35. The molecule has 1 aromatic rings. The molecule has 0 aromatic heterocycles. The van der Waals surface area contributed by atoms with Crippen LogP contribution in [0.25, 0.3) is 0 Å². The molecule has 1 N–H and O–H groups in total. The predicted octanol–water partition coefficient (Wildman–Crippen LogP) is 1.40. The van der Waals surface area contributed by atoms with Gasteiger partial charge in [0, 0.05) is 39.6 Å². The monoisotopic (exact) mass is 361 g/mol. The van der Waals surface area contributed by atoms with E-state index in [1.165, 1.54) is 18.0 Å². The third-order valence-corrected chi connectivity index (χ3v) is 4.95. The molecular formula is C19H24FN3O3. The molecule has 0 bridgehead atoms. The van der Waals surface area contributed by atoms with Crippen molar-refractivity contribution < 1.29 is 18.8 Å². The smallest absolute Gasteiger partial charge is 0.311 e. The Bertz CT molecular complexity index is 718. The largest absolute Gasteiger partial charge is 0.344 e. The molecule has 0 atom stereocenters. The Hall–Kier alpha value is -2.44. The Morgan fingerprint density at radius 2 is 2.12 bits per heavy atom. The summed E-state index contributed by atoms with van der Waals surface area (Å²) in [4.78, 5) is 38.7.